The second-order valence-corrected chi connectivity index (χ2v) is 8.29. The molecule has 0 fully saturated rings. The first kappa shape index (κ1) is 20.9. The lowest BCUT2D eigenvalue weighted by molar-refractivity contribution is 0.102. The summed E-state index contributed by atoms with van der Waals surface area (Å²) in [6.45, 7) is 1.77. The number of carbonyl (C=O) groups is 1. The Kier molecular flexibility index (Phi) is 6.22. The molecule has 0 aliphatic rings. The molecule has 0 radical (unpaired) electrons. The summed E-state index contributed by atoms with van der Waals surface area (Å²) in [6.07, 6.45) is 1.10. The van der Waals surface area contributed by atoms with Gasteiger partial charge in [-0.05, 0) is 24.6 Å². The number of anilines is 2. The van der Waals surface area contributed by atoms with Crippen LogP contribution in [-0.4, -0.2) is 41.8 Å². The van der Waals surface area contributed by atoms with Gasteiger partial charge in [0.1, 0.15) is 11.5 Å². The van der Waals surface area contributed by atoms with Crippen LogP contribution in [-0.2, 0) is 10.0 Å². The molecular formula is C18H21ClN2O5S. The quantitative estimate of drug-likeness (QED) is 0.786. The van der Waals surface area contributed by atoms with Crippen LogP contribution in [0.1, 0.15) is 15.9 Å². The summed E-state index contributed by atoms with van der Waals surface area (Å²) in [5, 5.41) is 3.08. The molecule has 2 aromatic rings. The van der Waals surface area contributed by atoms with Crippen LogP contribution in [0.15, 0.2) is 30.3 Å². The van der Waals surface area contributed by atoms with Crippen LogP contribution in [0, 0.1) is 6.92 Å². The molecular weight excluding hydrogens is 392 g/mol. The van der Waals surface area contributed by atoms with E-state index in [1.165, 1.54) is 33.4 Å². The van der Waals surface area contributed by atoms with Crippen LogP contribution >= 0.6 is 11.6 Å². The van der Waals surface area contributed by atoms with Gasteiger partial charge < -0.3 is 14.8 Å². The second kappa shape index (κ2) is 8.06. The molecule has 0 aliphatic carbocycles. The van der Waals surface area contributed by atoms with E-state index in [2.05, 4.69) is 5.32 Å². The lowest BCUT2D eigenvalue weighted by atomic mass is 10.1. The zero-order chi connectivity index (χ0) is 20.4. The van der Waals surface area contributed by atoms with E-state index in [4.69, 9.17) is 21.1 Å². The summed E-state index contributed by atoms with van der Waals surface area (Å²) < 4.78 is 35.2. The van der Waals surface area contributed by atoms with Gasteiger partial charge >= 0.3 is 0 Å². The maximum absolute atomic E-state index is 12.7. The number of benzene rings is 2. The van der Waals surface area contributed by atoms with E-state index in [1.807, 2.05) is 0 Å². The molecule has 0 saturated carbocycles. The molecule has 2 aromatic carbocycles. The Balaban J connectivity index is 2.40. The van der Waals surface area contributed by atoms with E-state index in [9.17, 15) is 13.2 Å². The van der Waals surface area contributed by atoms with Gasteiger partial charge in [0.25, 0.3) is 5.91 Å². The normalized spacial score (nSPS) is 11.0. The van der Waals surface area contributed by atoms with Gasteiger partial charge in [0.15, 0.2) is 0 Å². The van der Waals surface area contributed by atoms with E-state index in [0.29, 0.717) is 33.5 Å². The van der Waals surface area contributed by atoms with Gasteiger partial charge in [0.05, 0.1) is 36.9 Å². The van der Waals surface area contributed by atoms with Crippen molar-refractivity contribution >= 4 is 38.9 Å². The van der Waals surface area contributed by atoms with Crippen molar-refractivity contribution < 1.29 is 22.7 Å². The average Bonchev–Trinajstić information content (AvgIpc) is 2.61. The Bertz CT molecular complexity index is 976. The van der Waals surface area contributed by atoms with Crippen LogP contribution in [0.4, 0.5) is 11.4 Å². The van der Waals surface area contributed by atoms with Crippen molar-refractivity contribution in [3.63, 3.8) is 0 Å². The molecule has 27 heavy (non-hydrogen) atoms. The van der Waals surface area contributed by atoms with Gasteiger partial charge in [-0.1, -0.05) is 17.7 Å². The Labute approximate surface area is 163 Å². The highest BCUT2D eigenvalue weighted by molar-refractivity contribution is 7.92. The largest absolute Gasteiger partial charge is 0.495 e. The number of ether oxygens (including phenoxy) is 2. The van der Waals surface area contributed by atoms with Gasteiger partial charge in [0.2, 0.25) is 10.0 Å². The highest BCUT2D eigenvalue weighted by atomic mass is 35.5. The summed E-state index contributed by atoms with van der Waals surface area (Å²) in [4.78, 5) is 12.7. The molecule has 0 saturated heterocycles. The number of nitrogens with zero attached hydrogens (tertiary/aromatic N) is 1. The topological polar surface area (TPSA) is 84.9 Å². The molecule has 0 atom stereocenters. The molecule has 1 N–H and O–H groups in total. The Morgan fingerprint density at radius 2 is 1.74 bits per heavy atom. The zero-order valence-electron chi connectivity index (χ0n) is 15.7. The number of carbonyl (C=O) groups excluding carboxylic acids is 1. The monoisotopic (exact) mass is 412 g/mol. The number of methoxy groups -OCH3 is 2. The molecule has 0 unspecified atom stereocenters. The molecule has 146 valence electrons. The Morgan fingerprint density at radius 1 is 1.11 bits per heavy atom. The SMILES string of the molecule is COc1cc(NC(=O)c2ccc(C)c(N(C)S(C)(=O)=O)c2)c(OC)cc1Cl. The predicted octanol–water partition coefficient (Wildman–Crippen LogP) is 3.31. The van der Waals surface area contributed by atoms with E-state index >= 15 is 0 Å². The first-order chi connectivity index (χ1) is 12.6. The second-order valence-electron chi connectivity index (χ2n) is 5.87. The van der Waals surface area contributed by atoms with Crippen molar-refractivity contribution in [2.24, 2.45) is 0 Å². The highest BCUT2D eigenvalue weighted by Crippen LogP contribution is 2.36. The number of amides is 1. The number of halogens is 1. The summed E-state index contributed by atoms with van der Waals surface area (Å²) in [5.74, 6) is 0.324. The van der Waals surface area contributed by atoms with Crippen molar-refractivity contribution in [3.8, 4) is 11.5 Å². The molecule has 0 heterocycles. The van der Waals surface area contributed by atoms with Gasteiger partial charge in [-0.25, -0.2) is 8.42 Å². The minimum atomic E-state index is -3.45. The number of hydrogen-bond donors (Lipinski definition) is 1. The fraction of sp³-hybridized carbons (Fsp3) is 0.278. The predicted molar refractivity (Wildman–Crippen MR) is 107 cm³/mol. The lowest BCUT2D eigenvalue weighted by Crippen LogP contribution is -2.26. The fourth-order valence-corrected chi connectivity index (χ4v) is 3.21. The number of nitrogens with one attached hydrogen (secondary N) is 1. The molecule has 0 spiro atoms. The standard InChI is InChI=1S/C18H21ClN2O5S/c1-11-6-7-12(8-15(11)21(2)27(5,23)24)18(22)20-14-10-16(25-3)13(19)9-17(14)26-4/h6-10H,1-5H3,(H,20,22). The Hall–Kier alpha value is -2.45. The van der Waals surface area contributed by atoms with E-state index in [1.54, 1.807) is 25.1 Å². The molecule has 0 bridgehead atoms. The third kappa shape index (κ3) is 4.64. The molecule has 0 aliphatic heterocycles. The van der Waals surface area contributed by atoms with Gasteiger partial charge in [-0.15, -0.1) is 0 Å². The minimum Gasteiger partial charge on any atom is -0.495 e. The van der Waals surface area contributed by atoms with Crippen molar-refractivity contribution in [2.45, 2.75) is 6.92 Å². The highest BCUT2D eigenvalue weighted by Gasteiger charge is 2.18. The zero-order valence-corrected chi connectivity index (χ0v) is 17.2. The molecule has 1 amide bonds. The van der Waals surface area contributed by atoms with Crippen LogP contribution in [0.3, 0.4) is 0 Å². The van der Waals surface area contributed by atoms with E-state index in [0.717, 1.165) is 16.1 Å². The van der Waals surface area contributed by atoms with Crippen LogP contribution in [0.2, 0.25) is 5.02 Å². The van der Waals surface area contributed by atoms with Crippen LogP contribution in [0.25, 0.3) is 0 Å². The molecule has 0 aromatic heterocycles. The summed E-state index contributed by atoms with van der Waals surface area (Å²) in [5.41, 5.74) is 1.82. The smallest absolute Gasteiger partial charge is 0.255 e. The van der Waals surface area contributed by atoms with Gasteiger partial charge in [-0.3, -0.25) is 9.10 Å². The maximum Gasteiger partial charge on any atom is 0.255 e. The van der Waals surface area contributed by atoms with E-state index in [-0.39, 0.29) is 0 Å². The molecule has 7 nitrogen and oxygen atoms in total. The summed E-state index contributed by atoms with van der Waals surface area (Å²) in [6, 6.07) is 7.91. The van der Waals surface area contributed by atoms with Crippen molar-refractivity contribution in [1.29, 1.82) is 0 Å². The lowest BCUT2D eigenvalue weighted by Gasteiger charge is -2.20. The first-order valence-electron chi connectivity index (χ1n) is 7.86. The molecule has 2 rings (SSSR count). The maximum atomic E-state index is 12.7. The van der Waals surface area contributed by atoms with E-state index < -0.39 is 15.9 Å². The number of rotatable bonds is 6. The van der Waals surface area contributed by atoms with Crippen molar-refractivity contribution in [1.82, 2.24) is 0 Å². The molecule has 9 heteroatoms. The summed E-state index contributed by atoms with van der Waals surface area (Å²) >= 11 is 6.07. The van der Waals surface area contributed by atoms with Crippen LogP contribution in [0.5, 0.6) is 11.5 Å². The van der Waals surface area contributed by atoms with Crippen LogP contribution < -0.4 is 19.1 Å². The Morgan fingerprint density at radius 3 is 2.30 bits per heavy atom. The van der Waals surface area contributed by atoms with Crippen molar-refractivity contribution in [3.05, 3.63) is 46.5 Å². The fourth-order valence-electron chi connectivity index (χ4n) is 2.42. The first-order valence-corrected chi connectivity index (χ1v) is 10.1. The number of aryl methyl sites for hydroxylation is 1. The average molecular weight is 413 g/mol. The summed E-state index contributed by atoms with van der Waals surface area (Å²) in [7, 11) is 0.905. The third-order valence-electron chi connectivity index (χ3n) is 4.03. The third-order valence-corrected chi connectivity index (χ3v) is 5.52. The van der Waals surface area contributed by atoms with Gasteiger partial charge in [0, 0.05) is 24.7 Å². The minimum absolute atomic E-state index is 0.294. The van der Waals surface area contributed by atoms with Crippen molar-refractivity contribution in [2.75, 3.05) is 37.1 Å². The van der Waals surface area contributed by atoms with Gasteiger partial charge in [-0.2, -0.15) is 0 Å². The number of sulfonamides is 1. The number of hydrogen-bond acceptors (Lipinski definition) is 5.